The van der Waals surface area contributed by atoms with Gasteiger partial charge in [0, 0.05) is 19.6 Å². The van der Waals surface area contributed by atoms with E-state index in [2.05, 4.69) is 15.0 Å². The van der Waals surface area contributed by atoms with E-state index in [4.69, 9.17) is 9.47 Å². The van der Waals surface area contributed by atoms with Gasteiger partial charge in [0.2, 0.25) is 5.88 Å². The maximum absolute atomic E-state index is 5.67. The van der Waals surface area contributed by atoms with E-state index in [1.807, 2.05) is 19.3 Å². The Labute approximate surface area is 111 Å². The Balaban J connectivity index is 1.56. The lowest BCUT2D eigenvalue weighted by molar-refractivity contribution is 0.0319. The first-order valence-corrected chi connectivity index (χ1v) is 6.56. The lowest BCUT2D eigenvalue weighted by Crippen LogP contribution is -2.38. The van der Waals surface area contributed by atoms with Gasteiger partial charge in [-0.05, 0) is 12.5 Å². The van der Waals surface area contributed by atoms with Crippen molar-refractivity contribution in [3.63, 3.8) is 0 Å². The summed E-state index contributed by atoms with van der Waals surface area (Å²) < 4.78 is 12.8. The van der Waals surface area contributed by atoms with Crippen LogP contribution < -0.4 is 4.74 Å². The highest BCUT2D eigenvalue weighted by Crippen LogP contribution is 2.12. The monoisotopic (exact) mass is 262 g/mol. The number of aromatic nitrogens is 3. The number of hydrogen-bond donors (Lipinski definition) is 0. The van der Waals surface area contributed by atoms with Gasteiger partial charge in [-0.3, -0.25) is 4.90 Å². The summed E-state index contributed by atoms with van der Waals surface area (Å²) in [6.07, 6.45) is 5.45. The van der Waals surface area contributed by atoms with E-state index in [0.29, 0.717) is 12.5 Å². The van der Waals surface area contributed by atoms with Gasteiger partial charge < -0.3 is 9.47 Å². The number of fused-ring (bicyclic) bond motifs is 1. The quantitative estimate of drug-likeness (QED) is 0.814. The Hall–Kier alpha value is -1.66. The average molecular weight is 262 g/mol. The molecule has 0 radical (unpaired) electrons. The fourth-order valence-electron chi connectivity index (χ4n) is 2.16. The molecular weight excluding hydrogens is 244 g/mol. The molecule has 0 bridgehead atoms. The SMILES string of the molecule is Cc1cnn2cc(OCCN3CCOCC3)ncc12. The molecule has 0 spiro atoms. The van der Waals surface area contributed by atoms with E-state index in [9.17, 15) is 0 Å². The van der Waals surface area contributed by atoms with Crippen molar-refractivity contribution in [2.24, 2.45) is 0 Å². The number of nitrogens with zero attached hydrogens (tertiary/aromatic N) is 4. The highest BCUT2D eigenvalue weighted by molar-refractivity contribution is 5.51. The molecule has 1 aliphatic rings. The summed E-state index contributed by atoms with van der Waals surface area (Å²) in [7, 11) is 0. The third kappa shape index (κ3) is 2.85. The van der Waals surface area contributed by atoms with Crippen molar-refractivity contribution >= 4 is 5.52 Å². The fourth-order valence-corrected chi connectivity index (χ4v) is 2.16. The molecule has 6 heteroatoms. The second kappa shape index (κ2) is 5.54. The molecule has 1 fully saturated rings. The second-order valence-electron chi connectivity index (χ2n) is 4.69. The lowest BCUT2D eigenvalue weighted by atomic mass is 10.3. The van der Waals surface area contributed by atoms with Crippen LogP contribution in [0.4, 0.5) is 0 Å². The predicted octanol–water partition coefficient (Wildman–Crippen LogP) is 0.749. The average Bonchev–Trinajstić information content (AvgIpc) is 2.81. The molecule has 102 valence electrons. The Morgan fingerprint density at radius 1 is 1.32 bits per heavy atom. The van der Waals surface area contributed by atoms with Crippen molar-refractivity contribution in [3.8, 4) is 5.88 Å². The first-order chi connectivity index (χ1) is 9.33. The van der Waals surface area contributed by atoms with Crippen LogP contribution in [0.2, 0.25) is 0 Å². The van der Waals surface area contributed by atoms with Crippen LogP contribution in [0.1, 0.15) is 5.56 Å². The zero-order valence-corrected chi connectivity index (χ0v) is 11.1. The summed E-state index contributed by atoms with van der Waals surface area (Å²) in [4.78, 5) is 6.63. The highest BCUT2D eigenvalue weighted by Gasteiger charge is 2.10. The molecule has 0 aromatic carbocycles. The molecule has 1 aliphatic heterocycles. The van der Waals surface area contributed by atoms with E-state index >= 15 is 0 Å². The van der Waals surface area contributed by atoms with Crippen LogP contribution in [0.15, 0.2) is 18.6 Å². The molecule has 0 aliphatic carbocycles. The lowest BCUT2D eigenvalue weighted by Gasteiger charge is -2.26. The van der Waals surface area contributed by atoms with Gasteiger partial charge in [-0.1, -0.05) is 0 Å². The van der Waals surface area contributed by atoms with Crippen LogP contribution >= 0.6 is 0 Å². The van der Waals surface area contributed by atoms with E-state index in [0.717, 1.165) is 43.9 Å². The maximum Gasteiger partial charge on any atom is 0.232 e. The molecule has 0 unspecified atom stereocenters. The van der Waals surface area contributed by atoms with Gasteiger partial charge in [0.25, 0.3) is 0 Å². The van der Waals surface area contributed by atoms with Gasteiger partial charge in [-0.2, -0.15) is 5.10 Å². The van der Waals surface area contributed by atoms with Crippen LogP contribution in [0.3, 0.4) is 0 Å². The molecular formula is C13H18N4O2. The number of hydrogen-bond acceptors (Lipinski definition) is 5. The van der Waals surface area contributed by atoms with Crippen molar-refractivity contribution in [1.29, 1.82) is 0 Å². The standard InChI is InChI=1S/C13H18N4O2/c1-11-8-15-17-10-13(14-9-12(11)17)19-7-4-16-2-5-18-6-3-16/h8-10H,2-7H2,1H3. The van der Waals surface area contributed by atoms with E-state index in [1.54, 1.807) is 10.7 Å². The number of ether oxygens (including phenoxy) is 2. The van der Waals surface area contributed by atoms with Crippen molar-refractivity contribution in [2.45, 2.75) is 6.92 Å². The van der Waals surface area contributed by atoms with Gasteiger partial charge in [0.15, 0.2) is 0 Å². The van der Waals surface area contributed by atoms with Crippen molar-refractivity contribution in [2.75, 3.05) is 39.5 Å². The summed E-state index contributed by atoms with van der Waals surface area (Å²) in [5, 5.41) is 4.25. The van der Waals surface area contributed by atoms with E-state index in [-0.39, 0.29) is 0 Å². The first-order valence-electron chi connectivity index (χ1n) is 6.56. The minimum Gasteiger partial charge on any atom is -0.475 e. The molecule has 19 heavy (non-hydrogen) atoms. The van der Waals surface area contributed by atoms with E-state index in [1.165, 1.54) is 0 Å². The molecule has 1 saturated heterocycles. The van der Waals surface area contributed by atoms with Crippen LogP contribution in [-0.2, 0) is 4.74 Å². The van der Waals surface area contributed by atoms with Crippen LogP contribution in [0.5, 0.6) is 5.88 Å². The smallest absolute Gasteiger partial charge is 0.232 e. The van der Waals surface area contributed by atoms with E-state index < -0.39 is 0 Å². The fraction of sp³-hybridized carbons (Fsp3) is 0.538. The number of rotatable bonds is 4. The summed E-state index contributed by atoms with van der Waals surface area (Å²) in [6.45, 7) is 7.15. The second-order valence-corrected chi connectivity index (χ2v) is 4.69. The van der Waals surface area contributed by atoms with Gasteiger partial charge in [-0.15, -0.1) is 0 Å². The third-order valence-corrected chi connectivity index (χ3v) is 3.33. The van der Waals surface area contributed by atoms with Crippen molar-refractivity contribution in [1.82, 2.24) is 19.5 Å². The van der Waals surface area contributed by atoms with Crippen LogP contribution in [0.25, 0.3) is 5.52 Å². The van der Waals surface area contributed by atoms with Crippen molar-refractivity contribution in [3.05, 3.63) is 24.2 Å². The Kier molecular flexibility index (Phi) is 3.61. The number of morpholine rings is 1. The van der Waals surface area contributed by atoms with Gasteiger partial charge >= 0.3 is 0 Å². The maximum atomic E-state index is 5.67. The molecule has 0 N–H and O–H groups in total. The van der Waals surface area contributed by atoms with Gasteiger partial charge in [-0.25, -0.2) is 9.50 Å². The topological polar surface area (TPSA) is 51.9 Å². The van der Waals surface area contributed by atoms with Crippen LogP contribution in [0, 0.1) is 6.92 Å². The molecule has 0 saturated carbocycles. The molecule has 2 aromatic rings. The summed E-state index contributed by atoms with van der Waals surface area (Å²) >= 11 is 0. The summed E-state index contributed by atoms with van der Waals surface area (Å²) in [5.41, 5.74) is 2.13. The van der Waals surface area contributed by atoms with Crippen molar-refractivity contribution < 1.29 is 9.47 Å². The Morgan fingerprint density at radius 2 is 2.16 bits per heavy atom. The minimum absolute atomic E-state index is 0.615. The molecule has 2 aromatic heterocycles. The van der Waals surface area contributed by atoms with Gasteiger partial charge in [0.1, 0.15) is 6.61 Å². The molecule has 3 heterocycles. The summed E-state index contributed by atoms with van der Waals surface area (Å²) in [6, 6.07) is 0. The Bertz CT molecular complexity index is 549. The molecule has 3 rings (SSSR count). The summed E-state index contributed by atoms with van der Waals surface area (Å²) in [5.74, 6) is 0.615. The predicted molar refractivity (Wildman–Crippen MR) is 70.5 cm³/mol. The zero-order chi connectivity index (χ0) is 13.1. The first kappa shape index (κ1) is 12.4. The zero-order valence-electron chi connectivity index (χ0n) is 11.1. The highest BCUT2D eigenvalue weighted by atomic mass is 16.5. The Morgan fingerprint density at radius 3 is 3.00 bits per heavy atom. The van der Waals surface area contributed by atoms with Gasteiger partial charge in [0.05, 0.1) is 37.3 Å². The third-order valence-electron chi connectivity index (χ3n) is 3.33. The normalized spacial score (nSPS) is 16.9. The molecule has 0 atom stereocenters. The largest absolute Gasteiger partial charge is 0.475 e. The minimum atomic E-state index is 0.615. The molecule has 6 nitrogen and oxygen atoms in total. The molecule has 0 amide bonds. The van der Waals surface area contributed by atoms with Crippen LogP contribution in [-0.4, -0.2) is 59.0 Å². The number of aryl methyl sites for hydroxylation is 1.